The van der Waals surface area contributed by atoms with Crippen LogP contribution in [-0.2, 0) is 9.59 Å². The highest BCUT2D eigenvalue weighted by molar-refractivity contribution is 5.81. The van der Waals surface area contributed by atoms with E-state index in [-0.39, 0.29) is 0 Å². The van der Waals surface area contributed by atoms with E-state index in [9.17, 15) is 18.4 Å². The molecule has 7 heteroatoms. The van der Waals surface area contributed by atoms with Crippen molar-refractivity contribution in [2.45, 2.75) is 12.0 Å². The van der Waals surface area contributed by atoms with Gasteiger partial charge in [0.25, 0.3) is 5.92 Å². The number of aliphatic carboxylic acids is 2. The summed E-state index contributed by atoms with van der Waals surface area (Å²) in [5, 5.41) is 16.5. The van der Waals surface area contributed by atoms with E-state index < -0.39 is 35.7 Å². The van der Waals surface area contributed by atoms with Gasteiger partial charge in [-0.25, -0.2) is 8.78 Å². The molecule has 0 heterocycles. The Morgan fingerprint density at radius 2 is 1.85 bits per heavy atom. The Labute approximate surface area is 71.1 Å². The van der Waals surface area contributed by atoms with Gasteiger partial charge in [0.1, 0.15) is 12.0 Å². The summed E-state index contributed by atoms with van der Waals surface area (Å²) in [6, 6.07) is -1.82. The van der Waals surface area contributed by atoms with Gasteiger partial charge < -0.3 is 15.9 Å². The monoisotopic (exact) mass is 195 g/mol. The van der Waals surface area contributed by atoms with E-state index in [1.54, 1.807) is 0 Å². The molecule has 1 saturated carbocycles. The van der Waals surface area contributed by atoms with Crippen LogP contribution in [-0.4, -0.2) is 34.1 Å². The molecule has 0 aromatic carbocycles. The number of carboxylic acid groups (broad SMARTS) is 2. The van der Waals surface area contributed by atoms with Gasteiger partial charge in [0.2, 0.25) is 0 Å². The number of nitrogens with two attached hydrogens (primary N) is 1. The Morgan fingerprint density at radius 1 is 1.38 bits per heavy atom. The van der Waals surface area contributed by atoms with Crippen molar-refractivity contribution in [3.8, 4) is 0 Å². The quantitative estimate of drug-likeness (QED) is 0.556. The number of carboxylic acids is 2. The highest BCUT2D eigenvalue weighted by atomic mass is 19.3. The number of carbonyl (C=O) groups is 2. The molecule has 0 saturated heterocycles. The molecule has 0 spiro atoms. The number of hydrogen-bond acceptors (Lipinski definition) is 3. The lowest BCUT2D eigenvalue weighted by molar-refractivity contribution is -0.141. The molecule has 0 aromatic rings. The Morgan fingerprint density at radius 3 is 2.08 bits per heavy atom. The molecule has 1 aliphatic rings. The van der Waals surface area contributed by atoms with Gasteiger partial charge in [-0.2, -0.15) is 0 Å². The van der Waals surface area contributed by atoms with Gasteiger partial charge in [-0.3, -0.25) is 9.59 Å². The number of hydrogen-bond donors (Lipinski definition) is 3. The van der Waals surface area contributed by atoms with Crippen molar-refractivity contribution in [1.82, 2.24) is 0 Å². The molecule has 1 rings (SSSR count). The molecule has 0 bridgehead atoms. The van der Waals surface area contributed by atoms with E-state index in [0.29, 0.717) is 0 Å². The van der Waals surface area contributed by atoms with Crippen LogP contribution < -0.4 is 5.73 Å². The predicted octanol–water partition coefficient (Wildman–Crippen LogP) is -0.636. The maximum atomic E-state index is 12.6. The molecule has 0 aliphatic heterocycles. The second kappa shape index (κ2) is 2.63. The molecule has 0 aromatic heterocycles. The van der Waals surface area contributed by atoms with Crippen molar-refractivity contribution in [3.63, 3.8) is 0 Å². The largest absolute Gasteiger partial charge is 0.481 e. The second-order valence-electron chi connectivity index (χ2n) is 2.88. The van der Waals surface area contributed by atoms with Crippen LogP contribution in [0.15, 0.2) is 0 Å². The van der Waals surface area contributed by atoms with E-state index in [1.165, 1.54) is 0 Å². The first-order chi connectivity index (χ1) is 5.80. The molecule has 5 nitrogen and oxygen atoms in total. The summed E-state index contributed by atoms with van der Waals surface area (Å²) >= 11 is 0. The molecule has 1 fully saturated rings. The van der Waals surface area contributed by atoms with Gasteiger partial charge >= 0.3 is 11.9 Å². The summed E-state index contributed by atoms with van der Waals surface area (Å²) in [5.74, 6) is -10.6. The lowest BCUT2D eigenvalue weighted by Crippen LogP contribution is -2.34. The molecule has 4 N–H and O–H groups in total. The summed E-state index contributed by atoms with van der Waals surface area (Å²) in [6.07, 6.45) is 0. The maximum absolute atomic E-state index is 12.6. The fraction of sp³-hybridized carbons (Fsp3) is 0.667. The van der Waals surface area contributed by atoms with Gasteiger partial charge in [-0.15, -0.1) is 0 Å². The van der Waals surface area contributed by atoms with Gasteiger partial charge in [0, 0.05) is 0 Å². The Balaban J connectivity index is 2.76. The third kappa shape index (κ3) is 1.35. The lowest BCUT2D eigenvalue weighted by Gasteiger charge is -2.02. The highest BCUT2D eigenvalue weighted by Gasteiger charge is 2.75. The second-order valence-corrected chi connectivity index (χ2v) is 2.88. The Hall–Kier alpha value is -1.24. The van der Waals surface area contributed by atoms with E-state index in [4.69, 9.17) is 15.9 Å². The smallest absolute Gasteiger partial charge is 0.321 e. The summed E-state index contributed by atoms with van der Waals surface area (Å²) in [6.45, 7) is 0. The summed E-state index contributed by atoms with van der Waals surface area (Å²) in [4.78, 5) is 20.4. The predicted molar refractivity (Wildman–Crippen MR) is 35.2 cm³/mol. The minimum Gasteiger partial charge on any atom is -0.481 e. The van der Waals surface area contributed by atoms with Crippen LogP contribution in [0.3, 0.4) is 0 Å². The molecule has 0 amide bonds. The van der Waals surface area contributed by atoms with Crippen molar-refractivity contribution in [2.75, 3.05) is 0 Å². The first-order valence-corrected chi connectivity index (χ1v) is 3.39. The molecular weight excluding hydrogens is 188 g/mol. The maximum Gasteiger partial charge on any atom is 0.321 e. The first-order valence-electron chi connectivity index (χ1n) is 3.39. The van der Waals surface area contributed by atoms with E-state index >= 15 is 0 Å². The van der Waals surface area contributed by atoms with Crippen molar-refractivity contribution >= 4 is 11.9 Å². The zero-order chi connectivity index (χ0) is 10.4. The summed E-state index contributed by atoms with van der Waals surface area (Å²) in [7, 11) is 0. The minimum atomic E-state index is -3.50. The van der Waals surface area contributed by atoms with Crippen LogP contribution in [0.5, 0.6) is 0 Å². The third-order valence-electron chi connectivity index (χ3n) is 2.05. The minimum absolute atomic E-state index is 1.62. The number of alkyl halides is 2. The van der Waals surface area contributed by atoms with Gasteiger partial charge in [0.05, 0.1) is 5.92 Å². The Kier molecular flexibility index (Phi) is 1.99. The number of halogens is 2. The average Bonchev–Trinajstić information content (AvgIpc) is 2.51. The normalized spacial score (nSPS) is 32.2. The molecule has 3 atom stereocenters. The fourth-order valence-electron chi connectivity index (χ4n) is 1.27. The standard InChI is InChI=1S/C6H7F2NO4/c7-6(8)1(2(6)4(10)11)3(9)5(12)13/h1-3H,9H2,(H,10,11)(H,12,13)/t1-,2-,3-/m0/s1. The molecule has 0 unspecified atom stereocenters. The van der Waals surface area contributed by atoms with Crippen LogP contribution in [0.25, 0.3) is 0 Å². The summed E-state index contributed by atoms with van der Waals surface area (Å²) in [5.41, 5.74) is 4.88. The van der Waals surface area contributed by atoms with Crippen LogP contribution in [0.4, 0.5) is 8.78 Å². The number of rotatable bonds is 3. The van der Waals surface area contributed by atoms with Crippen molar-refractivity contribution in [3.05, 3.63) is 0 Å². The molecule has 74 valence electrons. The molecule has 0 radical (unpaired) electrons. The van der Waals surface area contributed by atoms with E-state index in [1.807, 2.05) is 0 Å². The zero-order valence-corrected chi connectivity index (χ0v) is 6.28. The van der Waals surface area contributed by atoms with Gasteiger partial charge in [-0.05, 0) is 0 Å². The zero-order valence-electron chi connectivity index (χ0n) is 6.28. The average molecular weight is 195 g/mol. The van der Waals surface area contributed by atoms with Crippen molar-refractivity contribution < 1.29 is 28.6 Å². The summed E-state index contributed by atoms with van der Waals surface area (Å²) < 4.78 is 25.2. The highest BCUT2D eigenvalue weighted by Crippen LogP contribution is 2.56. The first kappa shape index (κ1) is 9.85. The van der Waals surface area contributed by atoms with Crippen LogP contribution >= 0.6 is 0 Å². The molecular formula is C6H7F2NO4. The lowest BCUT2D eigenvalue weighted by atomic mass is 10.1. The Bertz CT molecular complexity index is 267. The molecule has 1 aliphatic carbocycles. The van der Waals surface area contributed by atoms with E-state index in [2.05, 4.69) is 0 Å². The van der Waals surface area contributed by atoms with Crippen LogP contribution in [0.1, 0.15) is 0 Å². The third-order valence-corrected chi connectivity index (χ3v) is 2.05. The SMILES string of the molecule is N[C@H](C(=O)O)[C@@H]1[C@@H](C(=O)O)C1(F)F. The van der Waals surface area contributed by atoms with Gasteiger partial charge in [0.15, 0.2) is 0 Å². The topological polar surface area (TPSA) is 101 Å². The van der Waals surface area contributed by atoms with Gasteiger partial charge in [-0.1, -0.05) is 0 Å². The van der Waals surface area contributed by atoms with Crippen molar-refractivity contribution in [1.29, 1.82) is 0 Å². The fourth-order valence-corrected chi connectivity index (χ4v) is 1.27. The van der Waals surface area contributed by atoms with Crippen LogP contribution in [0, 0.1) is 11.8 Å². The van der Waals surface area contributed by atoms with Crippen molar-refractivity contribution in [2.24, 2.45) is 17.6 Å². The van der Waals surface area contributed by atoms with Crippen LogP contribution in [0.2, 0.25) is 0 Å². The van der Waals surface area contributed by atoms with E-state index in [0.717, 1.165) is 0 Å². The molecule has 13 heavy (non-hydrogen) atoms.